The van der Waals surface area contributed by atoms with Crippen LogP contribution < -0.4 is 0 Å². The lowest BCUT2D eigenvalue weighted by atomic mass is 10.1. The van der Waals surface area contributed by atoms with Gasteiger partial charge in [-0.2, -0.15) is 5.26 Å². The number of esters is 1. The second kappa shape index (κ2) is 7.92. The first-order valence-corrected chi connectivity index (χ1v) is 8.91. The number of imidazole rings is 1. The van der Waals surface area contributed by atoms with Crippen LogP contribution in [0.25, 0.3) is 11.7 Å². The number of aromatic nitrogens is 3. The van der Waals surface area contributed by atoms with Crippen molar-refractivity contribution in [2.24, 2.45) is 0 Å². The largest absolute Gasteiger partial charge is 0.455 e. The molecule has 0 N–H and O–H groups in total. The van der Waals surface area contributed by atoms with Gasteiger partial charge in [0.05, 0.1) is 5.69 Å². The van der Waals surface area contributed by atoms with Gasteiger partial charge in [-0.3, -0.25) is 0 Å². The number of pyridine rings is 1. The maximum Gasteiger partial charge on any atom is 0.349 e. The second-order valence-electron chi connectivity index (χ2n) is 6.42. The minimum Gasteiger partial charge on any atom is -0.455 e. The maximum atomic E-state index is 12.3. The summed E-state index contributed by atoms with van der Waals surface area (Å²) in [5.74, 6) is -0.644. The minimum atomic E-state index is -0.644. The summed E-state index contributed by atoms with van der Waals surface area (Å²) in [6.45, 7) is 7.06. The monoisotopic (exact) mass is 362 g/mol. The quantitative estimate of drug-likeness (QED) is 0.380. The van der Waals surface area contributed by atoms with Gasteiger partial charge in [-0.05, 0) is 50.1 Å². The summed E-state index contributed by atoms with van der Waals surface area (Å²) < 4.78 is 9.33. The summed E-state index contributed by atoms with van der Waals surface area (Å²) in [6.07, 6.45) is 6.29. The van der Waals surface area contributed by atoms with Crippen LogP contribution >= 0.6 is 0 Å². The van der Waals surface area contributed by atoms with Crippen LogP contribution in [0, 0.1) is 25.2 Å². The molecule has 0 atom stereocenters. The number of nitrogens with zero attached hydrogens (tertiary/aromatic N) is 4. The number of rotatable bonds is 6. The van der Waals surface area contributed by atoms with Gasteiger partial charge >= 0.3 is 5.97 Å². The van der Waals surface area contributed by atoms with Crippen LogP contribution in [0.1, 0.15) is 36.0 Å². The summed E-state index contributed by atoms with van der Waals surface area (Å²) in [5, 5.41) is 9.39. The molecular formula is C21H22N4O2. The maximum absolute atomic E-state index is 12.3. The average molecular weight is 362 g/mol. The Bertz CT molecular complexity index is 1020. The summed E-state index contributed by atoms with van der Waals surface area (Å²) in [7, 11) is 0. The SMILES string of the molecule is CCCn1c(C)cc(/C=C(\C#N)C(=O)OCc2cn3ccccc3n2)c1C. The Morgan fingerprint density at radius 3 is 2.89 bits per heavy atom. The lowest BCUT2D eigenvalue weighted by Gasteiger charge is -2.07. The fourth-order valence-corrected chi connectivity index (χ4v) is 3.11. The first-order valence-electron chi connectivity index (χ1n) is 8.91. The van der Waals surface area contributed by atoms with E-state index in [1.165, 1.54) is 0 Å². The van der Waals surface area contributed by atoms with E-state index in [2.05, 4.69) is 16.5 Å². The van der Waals surface area contributed by atoms with E-state index in [0.717, 1.165) is 35.6 Å². The highest BCUT2D eigenvalue weighted by Gasteiger charge is 2.15. The van der Waals surface area contributed by atoms with Crippen LogP contribution in [0.2, 0.25) is 0 Å². The van der Waals surface area contributed by atoms with Crippen LogP contribution in [0.4, 0.5) is 0 Å². The number of aryl methyl sites for hydroxylation is 1. The lowest BCUT2D eigenvalue weighted by molar-refractivity contribution is -0.139. The third kappa shape index (κ3) is 3.93. The topological polar surface area (TPSA) is 72.3 Å². The van der Waals surface area contributed by atoms with Gasteiger partial charge in [-0.1, -0.05) is 13.0 Å². The van der Waals surface area contributed by atoms with E-state index in [4.69, 9.17) is 4.74 Å². The van der Waals surface area contributed by atoms with Crippen molar-refractivity contribution in [2.45, 2.75) is 40.3 Å². The molecule has 0 saturated carbocycles. The second-order valence-corrected chi connectivity index (χ2v) is 6.42. The van der Waals surface area contributed by atoms with Gasteiger partial charge in [0.15, 0.2) is 0 Å². The highest BCUT2D eigenvalue weighted by atomic mass is 16.5. The van der Waals surface area contributed by atoms with Gasteiger partial charge in [0.2, 0.25) is 0 Å². The fourth-order valence-electron chi connectivity index (χ4n) is 3.11. The average Bonchev–Trinajstić information content (AvgIpc) is 3.20. The Balaban J connectivity index is 1.75. The van der Waals surface area contributed by atoms with Crippen molar-refractivity contribution in [3.05, 3.63) is 64.9 Å². The van der Waals surface area contributed by atoms with Crippen LogP contribution in [-0.2, 0) is 22.7 Å². The third-order valence-electron chi connectivity index (χ3n) is 4.47. The molecule has 0 aliphatic heterocycles. The molecule has 0 aromatic carbocycles. The molecule has 3 aromatic heterocycles. The van der Waals surface area contributed by atoms with E-state index in [1.807, 2.05) is 54.8 Å². The zero-order chi connectivity index (χ0) is 19.4. The van der Waals surface area contributed by atoms with Gasteiger partial charge < -0.3 is 13.7 Å². The van der Waals surface area contributed by atoms with Crippen molar-refractivity contribution in [3.63, 3.8) is 0 Å². The van der Waals surface area contributed by atoms with Crippen LogP contribution in [-0.4, -0.2) is 19.9 Å². The van der Waals surface area contributed by atoms with Gasteiger partial charge in [-0.25, -0.2) is 9.78 Å². The zero-order valence-electron chi connectivity index (χ0n) is 15.8. The molecule has 0 unspecified atom stereocenters. The Kier molecular flexibility index (Phi) is 5.41. The molecule has 0 spiro atoms. The summed E-state index contributed by atoms with van der Waals surface area (Å²) in [6, 6.07) is 9.60. The van der Waals surface area contributed by atoms with E-state index in [1.54, 1.807) is 12.3 Å². The molecule has 6 nitrogen and oxygen atoms in total. The molecule has 6 heteroatoms. The van der Waals surface area contributed by atoms with E-state index >= 15 is 0 Å². The van der Waals surface area contributed by atoms with Crippen molar-refractivity contribution in [3.8, 4) is 6.07 Å². The predicted molar refractivity (Wildman–Crippen MR) is 103 cm³/mol. The van der Waals surface area contributed by atoms with Gasteiger partial charge in [0.1, 0.15) is 23.9 Å². The van der Waals surface area contributed by atoms with Gasteiger partial charge in [0, 0.05) is 30.3 Å². The first kappa shape index (κ1) is 18.5. The third-order valence-corrected chi connectivity index (χ3v) is 4.47. The zero-order valence-corrected chi connectivity index (χ0v) is 15.8. The molecule has 0 radical (unpaired) electrons. The summed E-state index contributed by atoms with van der Waals surface area (Å²) in [4.78, 5) is 16.7. The number of nitriles is 1. The predicted octanol–water partition coefficient (Wildman–Crippen LogP) is 3.81. The Labute approximate surface area is 158 Å². The summed E-state index contributed by atoms with van der Waals surface area (Å²) in [5.41, 5.74) is 4.40. The Morgan fingerprint density at radius 1 is 1.37 bits per heavy atom. The minimum absolute atomic E-state index is 0.0180. The molecule has 0 aliphatic rings. The van der Waals surface area contributed by atoms with Crippen molar-refractivity contribution < 1.29 is 9.53 Å². The standard InChI is InChI=1S/C21H22N4O2/c1-4-8-25-15(2)10-17(16(25)3)11-18(12-22)21(26)27-14-19-13-24-9-6-5-7-20(24)23-19/h5-7,9-11,13H,4,8,14H2,1-3H3/b18-11+. The van der Waals surface area contributed by atoms with E-state index in [9.17, 15) is 10.1 Å². The molecule has 0 bridgehead atoms. The molecule has 0 aliphatic carbocycles. The fraction of sp³-hybridized carbons (Fsp3) is 0.286. The normalized spacial score (nSPS) is 11.6. The van der Waals surface area contributed by atoms with Gasteiger partial charge in [0.25, 0.3) is 0 Å². The van der Waals surface area contributed by atoms with Crippen LogP contribution in [0.5, 0.6) is 0 Å². The lowest BCUT2D eigenvalue weighted by Crippen LogP contribution is -2.07. The van der Waals surface area contributed by atoms with E-state index < -0.39 is 5.97 Å². The van der Waals surface area contributed by atoms with Crippen LogP contribution in [0.15, 0.2) is 42.2 Å². The van der Waals surface area contributed by atoms with Crippen molar-refractivity contribution in [2.75, 3.05) is 0 Å². The molecule has 0 saturated heterocycles. The Hall–Kier alpha value is -3.33. The number of hydrogen-bond acceptors (Lipinski definition) is 4. The number of carbonyl (C=O) groups is 1. The molecule has 0 amide bonds. The highest BCUT2D eigenvalue weighted by Crippen LogP contribution is 2.19. The molecular weight excluding hydrogens is 340 g/mol. The van der Waals surface area contributed by atoms with E-state index in [0.29, 0.717) is 5.69 Å². The molecule has 27 heavy (non-hydrogen) atoms. The molecule has 3 heterocycles. The van der Waals surface area contributed by atoms with Crippen molar-refractivity contribution in [1.82, 2.24) is 14.0 Å². The summed E-state index contributed by atoms with van der Waals surface area (Å²) >= 11 is 0. The van der Waals surface area contributed by atoms with Gasteiger partial charge in [-0.15, -0.1) is 0 Å². The first-order chi connectivity index (χ1) is 13.0. The Morgan fingerprint density at radius 2 is 2.19 bits per heavy atom. The van der Waals surface area contributed by atoms with E-state index in [-0.39, 0.29) is 12.2 Å². The van der Waals surface area contributed by atoms with Crippen LogP contribution in [0.3, 0.4) is 0 Å². The number of carbonyl (C=O) groups excluding carboxylic acids is 1. The number of fused-ring (bicyclic) bond motifs is 1. The highest BCUT2D eigenvalue weighted by molar-refractivity contribution is 5.98. The van der Waals surface area contributed by atoms with Crippen molar-refractivity contribution >= 4 is 17.7 Å². The smallest absolute Gasteiger partial charge is 0.349 e. The molecule has 138 valence electrons. The number of hydrogen-bond donors (Lipinski definition) is 0. The van der Waals surface area contributed by atoms with Crippen molar-refractivity contribution in [1.29, 1.82) is 5.26 Å². The molecule has 3 aromatic rings. The molecule has 3 rings (SSSR count). The number of ether oxygens (including phenoxy) is 1. The molecule has 0 fully saturated rings.